The van der Waals surface area contributed by atoms with Gasteiger partial charge in [-0.1, -0.05) is 0 Å². The van der Waals surface area contributed by atoms with Crippen LogP contribution in [0.2, 0.25) is 0 Å². The normalized spacial score (nSPS) is 15.5. The maximum absolute atomic E-state index is 11.8. The highest BCUT2D eigenvalue weighted by Gasteiger charge is 2.29. The Balaban J connectivity index is 1.58. The topological polar surface area (TPSA) is 120 Å². The highest BCUT2D eigenvalue weighted by Crippen LogP contribution is 2.39. The molecule has 0 aliphatic carbocycles. The number of morpholine rings is 1. The van der Waals surface area contributed by atoms with E-state index in [-0.39, 0.29) is 11.9 Å². The predicted octanol–water partition coefficient (Wildman–Crippen LogP) is 1.83. The van der Waals surface area contributed by atoms with E-state index in [1.54, 1.807) is 24.5 Å². The number of nitrogens with two attached hydrogens (primary N) is 1. The Kier molecular flexibility index (Phi) is 5.28. The van der Waals surface area contributed by atoms with E-state index in [0.29, 0.717) is 24.7 Å². The van der Waals surface area contributed by atoms with Crippen molar-refractivity contribution in [3.8, 4) is 11.3 Å². The molecule has 2 N–H and O–H groups in total. The van der Waals surface area contributed by atoms with Gasteiger partial charge in [0.15, 0.2) is 0 Å². The van der Waals surface area contributed by atoms with Crippen LogP contribution in [-0.2, 0) is 15.9 Å². The summed E-state index contributed by atoms with van der Waals surface area (Å²) in [5.41, 5.74) is 9.79. The second-order valence-corrected chi connectivity index (χ2v) is 7.54. The van der Waals surface area contributed by atoms with Crippen LogP contribution in [0.4, 0.5) is 23.4 Å². The molecule has 1 saturated heterocycles. The number of benzene rings is 1. The van der Waals surface area contributed by atoms with E-state index >= 15 is 0 Å². The molecule has 1 fully saturated rings. The lowest BCUT2D eigenvalue weighted by atomic mass is 10.1. The molecule has 0 saturated carbocycles. The second-order valence-electron chi connectivity index (χ2n) is 7.54. The van der Waals surface area contributed by atoms with E-state index in [2.05, 4.69) is 19.8 Å². The van der Waals surface area contributed by atoms with Crippen molar-refractivity contribution < 1.29 is 14.3 Å². The molecule has 32 heavy (non-hydrogen) atoms. The van der Waals surface area contributed by atoms with Crippen LogP contribution in [0.1, 0.15) is 15.9 Å². The van der Waals surface area contributed by atoms with Gasteiger partial charge in [-0.05, 0) is 30.7 Å². The average Bonchev–Trinajstić information content (AvgIpc) is 3.28. The fourth-order valence-corrected chi connectivity index (χ4v) is 3.99. The molecule has 4 heterocycles. The molecule has 2 aromatic heterocycles. The Labute approximate surface area is 185 Å². The van der Waals surface area contributed by atoms with Crippen molar-refractivity contribution in [1.82, 2.24) is 19.9 Å². The van der Waals surface area contributed by atoms with Gasteiger partial charge in [0.05, 0.1) is 31.6 Å². The van der Waals surface area contributed by atoms with Crippen molar-refractivity contribution in [3.63, 3.8) is 0 Å². The molecular weight excluding hydrogens is 410 g/mol. The number of ether oxygens (including phenoxy) is 2. The van der Waals surface area contributed by atoms with Crippen LogP contribution < -0.4 is 15.5 Å². The molecule has 0 spiro atoms. The first-order chi connectivity index (χ1) is 15.6. The van der Waals surface area contributed by atoms with Gasteiger partial charge in [0.2, 0.25) is 11.9 Å². The highest BCUT2D eigenvalue weighted by molar-refractivity contribution is 5.90. The van der Waals surface area contributed by atoms with Crippen LogP contribution >= 0.6 is 0 Å². The van der Waals surface area contributed by atoms with Gasteiger partial charge in [-0.3, -0.25) is 0 Å². The number of anilines is 4. The smallest absolute Gasteiger partial charge is 0.337 e. The Bertz CT molecular complexity index is 1130. The Morgan fingerprint density at radius 2 is 1.78 bits per heavy atom. The number of methoxy groups -OCH3 is 1. The van der Waals surface area contributed by atoms with Gasteiger partial charge in [0, 0.05) is 48.8 Å². The van der Waals surface area contributed by atoms with Crippen LogP contribution in [0.5, 0.6) is 0 Å². The molecule has 0 radical (unpaired) electrons. The zero-order valence-corrected chi connectivity index (χ0v) is 17.7. The molecule has 0 amide bonds. The summed E-state index contributed by atoms with van der Waals surface area (Å²) >= 11 is 0. The summed E-state index contributed by atoms with van der Waals surface area (Å²) < 4.78 is 10.3. The number of aromatic nitrogens is 4. The maximum Gasteiger partial charge on any atom is 0.337 e. The summed E-state index contributed by atoms with van der Waals surface area (Å²) in [6.45, 7) is 3.48. The number of rotatable bonds is 4. The monoisotopic (exact) mass is 433 g/mol. The quantitative estimate of drug-likeness (QED) is 0.610. The summed E-state index contributed by atoms with van der Waals surface area (Å²) in [5, 5.41) is 0. The predicted molar refractivity (Wildman–Crippen MR) is 119 cm³/mol. The summed E-state index contributed by atoms with van der Waals surface area (Å²) in [7, 11) is 1.37. The molecule has 0 unspecified atom stereocenters. The fraction of sp³-hybridized carbons (Fsp3) is 0.318. The van der Waals surface area contributed by atoms with E-state index in [9.17, 15) is 4.79 Å². The summed E-state index contributed by atoms with van der Waals surface area (Å²) in [6, 6.07) is 7.34. The van der Waals surface area contributed by atoms with Crippen LogP contribution in [0.3, 0.4) is 0 Å². The number of nitrogen functional groups attached to an aromatic ring is 1. The lowest BCUT2D eigenvalue weighted by Gasteiger charge is -2.28. The molecule has 10 nitrogen and oxygen atoms in total. The second kappa shape index (κ2) is 8.39. The zero-order chi connectivity index (χ0) is 22.1. The maximum atomic E-state index is 11.8. The van der Waals surface area contributed by atoms with Crippen molar-refractivity contribution in [1.29, 1.82) is 0 Å². The van der Waals surface area contributed by atoms with Gasteiger partial charge in [0.1, 0.15) is 5.82 Å². The molecule has 5 rings (SSSR count). The van der Waals surface area contributed by atoms with E-state index in [0.717, 1.165) is 54.4 Å². The third-order valence-electron chi connectivity index (χ3n) is 5.65. The van der Waals surface area contributed by atoms with Crippen LogP contribution in [0.25, 0.3) is 11.3 Å². The average molecular weight is 433 g/mol. The number of fused-ring (bicyclic) bond motifs is 1. The standard InChI is InChI=1S/C22H23N7O3/c1-31-20(30)14-2-4-16(5-3-14)29-7-6-17-18(15-12-24-21(23)25-13-15)26-22(27-19(17)29)28-8-10-32-11-9-28/h2-5,12-13H,6-11H2,1H3,(H2,23,24,25). The molecule has 10 heteroatoms. The summed E-state index contributed by atoms with van der Waals surface area (Å²) in [6.07, 6.45) is 4.17. The van der Waals surface area contributed by atoms with E-state index in [1.165, 1.54) is 7.11 Å². The first-order valence-corrected chi connectivity index (χ1v) is 10.4. The van der Waals surface area contributed by atoms with Crippen molar-refractivity contribution in [2.24, 2.45) is 0 Å². The minimum atomic E-state index is -0.360. The summed E-state index contributed by atoms with van der Waals surface area (Å²) in [4.78, 5) is 34.2. The van der Waals surface area contributed by atoms with Gasteiger partial charge in [-0.15, -0.1) is 0 Å². The molecule has 0 bridgehead atoms. The lowest BCUT2D eigenvalue weighted by molar-refractivity contribution is 0.0600. The third-order valence-corrected chi connectivity index (χ3v) is 5.65. The number of esters is 1. The number of nitrogens with zero attached hydrogens (tertiary/aromatic N) is 6. The Morgan fingerprint density at radius 3 is 2.47 bits per heavy atom. The van der Waals surface area contributed by atoms with Crippen molar-refractivity contribution >= 4 is 29.4 Å². The molecular formula is C22H23N7O3. The Hall–Kier alpha value is -3.79. The summed E-state index contributed by atoms with van der Waals surface area (Å²) in [5.74, 6) is 1.36. The van der Waals surface area contributed by atoms with Crippen LogP contribution in [-0.4, -0.2) is 65.9 Å². The van der Waals surface area contributed by atoms with Gasteiger partial charge < -0.3 is 25.0 Å². The van der Waals surface area contributed by atoms with E-state index in [1.807, 2.05) is 12.1 Å². The molecule has 3 aromatic rings. The molecule has 164 valence electrons. The SMILES string of the molecule is COC(=O)c1ccc(N2CCc3c(-c4cnc(N)nc4)nc(N4CCOCC4)nc32)cc1. The van der Waals surface area contributed by atoms with Gasteiger partial charge >= 0.3 is 5.97 Å². The number of carbonyl (C=O) groups is 1. The fourth-order valence-electron chi connectivity index (χ4n) is 3.99. The zero-order valence-electron chi connectivity index (χ0n) is 17.7. The van der Waals surface area contributed by atoms with Gasteiger partial charge in [0.25, 0.3) is 0 Å². The van der Waals surface area contributed by atoms with Gasteiger partial charge in [-0.2, -0.15) is 4.98 Å². The van der Waals surface area contributed by atoms with Crippen LogP contribution in [0.15, 0.2) is 36.7 Å². The number of hydrogen-bond donors (Lipinski definition) is 1. The molecule has 2 aliphatic rings. The minimum absolute atomic E-state index is 0.222. The Morgan fingerprint density at radius 1 is 1.06 bits per heavy atom. The van der Waals surface area contributed by atoms with Gasteiger partial charge in [-0.25, -0.2) is 19.7 Å². The minimum Gasteiger partial charge on any atom is -0.465 e. The van der Waals surface area contributed by atoms with Crippen molar-refractivity contribution in [2.75, 3.05) is 55.5 Å². The number of carbonyl (C=O) groups excluding carboxylic acids is 1. The first-order valence-electron chi connectivity index (χ1n) is 10.4. The van der Waals surface area contributed by atoms with E-state index < -0.39 is 0 Å². The van der Waals surface area contributed by atoms with Crippen molar-refractivity contribution in [2.45, 2.75) is 6.42 Å². The largest absolute Gasteiger partial charge is 0.465 e. The van der Waals surface area contributed by atoms with E-state index in [4.69, 9.17) is 25.2 Å². The number of hydrogen-bond acceptors (Lipinski definition) is 10. The highest BCUT2D eigenvalue weighted by atomic mass is 16.5. The molecule has 1 aromatic carbocycles. The van der Waals surface area contributed by atoms with Crippen molar-refractivity contribution in [3.05, 3.63) is 47.8 Å². The lowest BCUT2D eigenvalue weighted by Crippen LogP contribution is -2.37. The first kappa shape index (κ1) is 20.1. The third kappa shape index (κ3) is 3.69. The van der Waals surface area contributed by atoms with Crippen LogP contribution in [0, 0.1) is 0 Å². The molecule has 2 aliphatic heterocycles. The molecule has 0 atom stereocenters.